The van der Waals surface area contributed by atoms with Crippen molar-refractivity contribution in [3.8, 4) is 5.75 Å². The molecule has 0 saturated heterocycles. The minimum atomic E-state index is -4.81. The van der Waals surface area contributed by atoms with Crippen LogP contribution in [0.3, 0.4) is 0 Å². The highest BCUT2D eigenvalue weighted by atomic mass is 35.5. The van der Waals surface area contributed by atoms with E-state index in [-0.39, 0.29) is 22.9 Å². The molecule has 0 saturated carbocycles. The van der Waals surface area contributed by atoms with Gasteiger partial charge in [0.2, 0.25) is 17.2 Å². The van der Waals surface area contributed by atoms with Crippen molar-refractivity contribution in [2.24, 2.45) is 0 Å². The maximum Gasteiger partial charge on any atom is 0.573 e. The normalized spacial score (nSPS) is 11.8. The lowest BCUT2D eigenvalue weighted by molar-refractivity contribution is -0.274. The van der Waals surface area contributed by atoms with E-state index in [2.05, 4.69) is 30.3 Å². The summed E-state index contributed by atoms with van der Waals surface area (Å²) in [6.45, 7) is 0. The van der Waals surface area contributed by atoms with Crippen molar-refractivity contribution in [1.82, 2.24) is 15.0 Å². The van der Waals surface area contributed by atoms with Crippen molar-refractivity contribution >= 4 is 34.9 Å². The van der Waals surface area contributed by atoms with Gasteiger partial charge in [0, 0.05) is 11.4 Å². The van der Waals surface area contributed by atoms with Gasteiger partial charge in [0.1, 0.15) is 5.75 Å². The third-order valence-corrected chi connectivity index (χ3v) is 3.59. The van der Waals surface area contributed by atoms with E-state index in [4.69, 9.17) is 11.6 Å². The van der Waals surface area contributed by atoms with Crippen LogP contribution in [0.1, 0.15) is 5.56 Å². The molecule has 1 aromatic heterocycles. The van der Waals surface area contributed by atoms with Gasteiger partial charge in [0.05, 0.1) is 5.56 Å². The van der Waals surface area contributed by atoms with Gasteiger partial charge in [-0.1, -0.05) is 0 Å². The summed E-state index contributed by atoms with van der Waals surface area (Å²) in [5, 5.41) is 5.18. The number of hydrogen-bond donors (Lipinski definition) is 2. The predicted molar refractivity (Wildman–Crippen MR) is 96.0 cm³/mol. The van der Waals surface area contributed by atoms with E-state index in [1.807, 2.05) is 0 Å². The zero-order valence-electron chi connectivity index (χ0n) is 14.5. The van der Waals surface area contributed by atoms with Gasteiger partial charge >= 0.3 is 12.5 Å². The zero-order chi connectivity index (χ0) is 21.9. The minimum absolute atomic E-state index is 0.0473. The fourth-order valence-electron chi connectivity index (χ4n) is 2.20. The molecule has 158 valence electrons. The molecule has 30 heavy (non-hydrogen) atoms. The quantitative estimate of drug-likeness (QED) is 0.470. The Labute approximate surface area is 169 Å². The topological polar surface area (TPSA) is 72.0 Å². The Bertz CT molecular complexity index is 1010. The number of halogens is 7. The number of aromatic nitrogens is 3. The highest BCUT2D eigenvalue weighted by Gasteiger charge is 2.31. The van der Waals surface area contributed by atoms with E-state index >= 15 is 0 Å². The second kappa shape index (κ2) is 8.22. The molecule has 0 atom stereocenters. The maximum absolute atomic E-state index is 12.6. The first-order chi connectivity index (χ1) is 14.0. The monoisotopic (exact) mass is 449 g/mol. The van der Waals surface area contributed by atoms with Gasteiger partial charge in [-0.2, -0.15) is 28.1 Å². The van der Waals surface area contributed by atoms with E-state index in [9.17, 15) is 26.3 Å². The Morgan fingerprint density at radius 3 is 1.60 bits per heavy atom. The SMILES string of the molecule is FC(F)(F)Oc1ccc(Nc2nc(Cl)nc(Nc3ccc(C(F)(F)F)cc3)n2)cc1. The Morgan fingerprint density at radius 2 is 1.17 bits per heavy atom. The number of hydrogen-bond acceptors (Lipinski definition) is 6. The maximum atomic E-state index is 12.6. The van der Waals surface area contributed by atoms with Gasteiger partial charge in [-0.05, 0) is 60.1 Å². The molecule has 3 rings (SSSR count). The number of rotatable bonds is 5. The molecule has 13 heteroatoms. The van der Waals surface area contributed by atoms with Crippen LogP contribution in [0.25, 0.3) is 0 Å². The van der Waals surface area contributed by atoms with E-state index in [0.29, 0.717) is 5.69 Å². The van der Waals surface area contributed by atoms with Crippen LogP contribution >= 0.6 is 11.6 Å². The van der Waals surface area contributed by atoms with E-state index in [1.165, 1.54) is 24.3 Å². The Kier molecular flexibility index (Phi) is 5.87. The van der Waals surface area contributed by atoms with E-state index in [1.54, 1.807) is 0 Å². The van der Waals surface area contributed by atoms with Gasteiger partial charge in [-0.15, -0.1) is 13.2 Å². The highest BCUT2D eigenvalue weighted by molar-refractivity contribution is 6.28. The van der Waals surface area contributed by atoms with Crippen LogP contribution in [-0.4, -0.2) is 21.3 Å². The number of ether oxygens (including phenoxy) is 1. The van der Waals surface area contributed by atoms with E-state index < -0.39 is 23.9 Å². The first-order valence-electron chi connectivity index (χ1n) is 7.97. The van der Waals surface area contributed by atoms with Crippen LogP contribution in [0.5, 0.6) is 5.75 Å². The number of nitrogens with one attached hydrogen (secondary N) is 2. The van der Waals surface area contributed by atoms with Gasteiger partial charge in [0.15, 0.2) is 0 Å². The molecule has 0 radical (unpaired) electrons. The second-order valence-electron chi connectivity index (χ2n) is 5.65. The average molecular weight is 450 g/mol. The number of anilines is 4. The molecule has 0 aliphatic carbocycles. The number of alkyl halides is 6. The standard InChI is InChI=1S/C17H10ClF6N5O/c18-13-27-14(25-10-3-1-9(2-4-10)16(19,20)21)29-15(28-13)26-11-5-7-12(8-6-11)30-17(22,23)24/h1-8H,(H2,25,26,27,28,29). The molecule has 2 aromatic carbocycles. The smallest absolute Gasteiger partial charge is 0.406 e. The highest BCUT2D eigenvalue weighted by Crippen LogP contribution is 2.30. The van der Waals surface area contributed by atoms with Gasteiger partial charge in [0.25, 0.3) is 0 Å². The van der Waals surface area contributed by atoms with Crippen molar-refractivity contribution < 1.29 is 31.1 Å². The van der Waals surface area contributed by atoms with Crippen molar-refractivity contribution in [3.63, 3.8) is 0 Å². The molecule has 0 fully saturated rings. The van der Waals surface area contributed by atoms with E-state index in [0.717, 1.165) is 24.3 Å². The molecule has 1 heterocycles. The molecule has 0 spiro atoms. The summed E-state index contributed by atoms with van der Waals surface area (Å²) in [6, 6.07) is 8.90. The molecule has 0 aliphatic heterocycles. The summed E-state index contributed by atoms with van der Waals surface area (Å²) in [7, 11) is 0. The molecule has 0 unspecified atom stereocenters. The Hall–Kier alpha value is -3.28. The van der Waals surface area contributed by atoms with Crippen LogP contribution in [0.15, 0.2) is 48.5 Å². The summed E-state index contributed by atoms with van der Waals surface area (Å²) in [6.07, 6.45) is -9.28. The van der Waals surface area contributed by atoms with Crippen LogP contribution in [0, 0.1) is 0 Å². The van der Waals surface area contributed by atoms with Crippen LogP contribution in [0.2, 0.25) is 5.28 Å². The largest absolute Gasteiger partial charge is 0.573 e. The van der Waals surface area contributed by atoms with Crippen molar-refractivity contribution in [2.45, 2.75) is 12.5 Å². The molecule has 3 aromatic rings. The molecule has 0 bridgehead atoms. The minimum Gasteiger partial charge on any atom is -0.406 e. The van der Waals surface area contributed by atoms with Crippen LogP contribution < -0.4 is 15.4 Å². The molecule has 6 nitrogen and oxygen atoms in total. The Morgan fingerprint density at radius 1 is 0.700 bits per heavy atom. The molecule has 0 aliphatic rings. The number of benzene rings is 2. The third kappa shape index (κ3) is 6.11. The summed E-state index contributed by atoms with van der Waals surface area (Å²) in [5.74, 6) is -0.519. The van der Waals surface area contributed by atoms with Crippen molar-refractivity contribution in [2.75, 3.05) is 10.6 Å². The van der Waals surface area contributed by atoms with Gasteiger partial charge in [-0.25, -0.2) is 0 Å². The number of nitrogens with zero attached hydrogens (tertiary/aromatic N) is 3. The average Bonchev–Trinajstić information content (AvgIpc) is 2.61. The van der Waals surface area contributed by atoms with Crippen molar-refractivity contribution in [1.29, 1.82) is 0 Å². The predicted octanol–water partition coefficient (Wildman–Crippen LogP) is 5.93. The summed E-state index contributed by atoms with van der Waals surface area (Å²) in [4.78, 5) is 11.7. The Balaban J connectivity index is 1.72. The lowest BCUT2D eigenvalue weighted by Crippen LogP contribution is -2.17. The fraction of sp³-hybridized carbons (Fsp3) is 0.118. The van der Waals surface area contributed by atoms with Crippen molar-refractivity contribution in [3.05, 3.63) is 59.4 Å². The molecule has 2 N–H and O–H groups in total. The van der Waals surface area contributed by atoms with Gasteiger partial charge in [-0.3, -0.25) is 0 Å². The third-order valence-electron chi connectivity index (χ3n) is 3.42. The van der Waals surface area contributed by atoms with Crippen LogP contribution in [-0.2, 0) is 6.18 Å². The molecule has 0 amide bonds. The lowest BCUT2D eigenvalue weighted by Gasteiger charge is -2.11. The molecular weight excluding hydrogens is 440 g/mol. The summed E-state index contributed by atoms with van der Waals surface area (Å²) >= 11 is 5.83. The zero-order valence-corrected chi connectivity index (χ0v) is 15.3. The first kappa shape index (κ1) is 21.4. The first-order valence-corrected chi connectivity index (χ1v) is 8.34. The second-order valence-corrected chi connectivity index (χ2v) is 5.99. The summed E-state index contributed by atoms with van der Waals surface area (Å²) in [5.41, 5.74) is -0.223. The lowest BCUT2D eigenvalue weighted by atomic mass is 10.2. The van der Waals surface area contributed by atoms with Crippen LogP contribution in [0.4, 0.5) is 49.6 Å². The fourth-order valence-corrected chi connectivity index (χ4v) is 2.36. The molecular formula is C17H10ClF6N5O. The summed E-state index contributed by atoms with van der Waals surface area (Å²) < 4.78 is 78.2. The van der Waals surface area contributed by atoms with Gasteiger partial charge < -0.3 is 15.4 Å².